The Kier molecular flexibility index (Phi) is 4.72. The number of ether oxygens (including phenoxy) is 1. The van der Waals surface area contributed by atoms with Crippen LogP contribution in [0.4, 0.5) is 5.69 Å². The highest BCUT2D eigenvalue weighted by molar-refractivity contribution is 7.90. The fourth-order valence-electron chi connectivity index (χ4n) is 1.51. The molecule has 8 heteroatoms. The quantitative estimate of drug-likeness (QED) is 0.615. The molecule has 0 atom stereocenters. The Morgan fingerprint density at radius 1 is 1.30 bits per heavy atom. The van der Waals surface area contributed by atoms with Crippen LogP contribution in [0.5, 0.6) is 0 Å². The zero-order chi connectivity index (χ0) is 15.5. The molecule has 0 aliphatic rings. The molecule has 0 bridgehead atoms. The lowest BCUT2D eigenvalue weighted by Gasteiger charge is -2.16. The number of anilines is 1. The predicted molar refractivity (Wildman–Crippen MR) is 72.9 cm³/mol. The summed E-state index contributed by atoms with van der Waals surface area (Å²) in [5, 5.41) is 0. The molecule has 0 saturated carbocycles. The van der Waals surface area contributed by atoms with Crippen LogP contribution >= 0.6 is 0 Å². The van der Waals surface area contributed by atoms with Gasteiger partial charge in [-0.1, -0.05) is 0 Å². The molecular formula is C12H16N2O5S. The number of hydrogen-bond donors (Lipinski definition) is 1. The first-order chi connectivity index (χ1) is 9.15. The largest absolute Gasteiger partial charge is 0.468 e. The SMILES string of the molecule is COC(=O)CN(C)C(=O)c1cc(N)cc(S(C)(=O)=O)c1. The summed E-state index contributed by atoms with van der Waals surface area (Å²) in [6.45, 7) is -0.238. The average Bonchev–Trinajstić information content (AvgIpc) is 2.35. The van der Waals surface area contributed by atoms with Gasteiger partial charge in [-0.15, -0.1) is 0 Å². The minimum atomic E-state index is -3.48. The Bertz CT molecular complexity index is 639. The minimum absolute atomic E-state index is 0.0488. The van der Waals surface area contributed by atoms with Crippen LogP contribution in [-0.2, 0) is 19.4 Å². The van der Waals surface area contributed by atoms with Gasteiger partial charge in [-0.3, -0.25) is 9.59 Å². The van der Waals surface area contributed by atoms with E-state index in [-0.39, 0.29) is 22.7 Å². The molecule has 1 aromatic carbocycles. The molecule has 0 saturated heterocycles. The van der Waals surface area contributed by atoms with Gasteiger partial charge in [0.25, 0.3) is 5.91 Å². The third-order valence-corrected chi connectivity index (χ3v) is 3.64. The molecule has 0 aliphatic heterocycles. The molecule has 0 aromatic heterocycles. The van der Waals surface area contributed by atoms with E-state index in [9.17, 15) is 18.0 Å². The number of sulfone groups is 1. The van der Waals surface area contributed by atoms with Gasteiger partial charge < -0.3 is 15.4 Å². The lowest BCUT2D eigenvalue weighted by Crippen LogP contribution is -2.32. The Morgan fingerprint density at radius 2 is 1.90 bits per heavy atom. The summed E-state index contributed by atoms with van der Waals surface area (Å²) in [5.74, 6) is -1.10. The van der Waals surface area contributed by atoms with Crippen molar-refractivity contribution in [3.63, 3.8) is 0 Å². The molecule has 0 spiro atoms. The maximum Gasteiger partial charge on any atom is 0.325 e. The number of carbonyl (C=O) groups is 2. The number of esters is 1. The highest BCUT2D eigenvalue weighted by atomic mass is 32.2. The van der Waals surface area contributed by atoms with Crippen LogP contribution in [0.2, 0.25) is 0 Å². The van der Waals surface area contributed by atoms with Crippen molar-refractivity contribution in [2.45, 2.75) is 4.90 Å². The summed E-state index contributed by atoms with van der Waals surface area (Å²) in [6, 6.07) is 3.85. The summed E-state index contributed by atoms with van der Waals surface area (Å²) >= 11 is 0. The number of carbonyl (C=O) groups excluding carboxylic acids is 2. The first-order valence-corrected chi connectivity index (χ1v) is 7.47. The number of rotatable bonds is 4. The van der Waals surface area contributed by atoms with Gasteiger partial charge in [0, 0.05) is 24.6 Å². The summed E-state index contributed by atoms with van der Waals surface area (Å²) in [5.41, 5.74) is 5.84. The van der Waals surface area contributed by atoms with Crippen molar-refractivity contribution in [1.29, 1.82) is 0 Å². The number of nitrogens with zero attached hydrogens (tertiary/aromatic N) is 1. The molecule has 2 N–H and O–H groups in total. The summed E-state index contributed by atoms with van der Waals surface area (Å²) in [6.07, 6.45) is 1.02. The zero-order valence-corrected chi connectivity index (χ0v) is 12.2. The van der Waals surface area contributed by atoms with E-state index >= 15 is 0 Å². The zero-order valence-electron chi connectivity index (χ0n) is 11.4. The highest BCUT2D eigenvalue weighted by Gasteiger charge is 2.18. The molecule has 0 fully saturated rings. The standard InChI is InChI=1S/C12H16N2O5S/c1-14(7-11(15)19-2)12(16)8-4-9(13)6-10(5-8)20(3,17)18/h4-6H,7,13H2,1-3H3. The molecule has 0 aliphatic carbocycles. The number of benzene rings is 1. The molecule has 1 aromatic rings. The van der Waals surface area contributed by atoms with Gasteiger partial charge in [0.15, 0.2) is 9.84 Å². The van der Waals surface area contributed by atoms with Gasteiger partial charge >= 0.3 is 5.97 Å². The molecular weight excluding hydrogens is 284 g/mol. The smallest absolute Gasteiger partial charge is 0.325 e. The lowest BCUT2D eigenvalue weighted by molar-refractivity contribution is -0.141. The Labute approximate surface area is 117 Å². The van der Waals surface area contributed by atoms with E-state index in [1.807, 2.05) is 0 Å². The van der Waals surface area contributed by atoms with Gasteiger partial charge in [-0.25, -0.2) is 8.42 Å². The van der Waals surface area contributed by atoms with Crippen molar-refractivity contribution in [3.05, 3.63) is 23.8 Å². The number of hydrogen-bond acceptors (Lipinski definition) is 6. The monoisotopic (exact) mass is 300 g/mol. The Morgan fingerprint density at radius 3 is 2.40 bits per heavy atom. The predicted octanol–water partition coefficient (Wildman–Crippen LogP) is -0.0827. The number of likely N-dealkylation sites (N-methyl/N-ethyl adjacent to an activating group) is 1. The second-order valence-electron chi connectivity index (χ2n) is 4.30. The van der Waals surface area contributed by atoms with Crippen LogP contribution in [0, 0.1) is 0 Å². The van der Waals surface area contributed by atoms with Crippen LogP contribution in [0.3, 0.4) is 0 Å². The van der Waals surface area contributed by atoms with Crippen LogP contribution in [0.1, 0.15) is 10.4 Å². The Balaban J connectivity index is 3.11. The third-order valence-electron chi connectivity index (χ3n) is 2.54. The fourth-order valence-corrected chi connectivity index (χ4v) is 2.20. The van der Waals surface area contributed by atoms with Gasteiger partial charge in [0.2, 0.25) is 0 Å². The Hall–Kier alpha value is -2.09. The third kappa shape index (κ3) is 3.95. The van der Waals surface area contributed by atoms with Crippen LogP contribution in [-0.4, -0.2) is 52.2 Å². The molecule has 1 amide bonds. The maximum absolute atomic E-state index is 12.1. The fraction of sp³-hybridized carbons (Fsp3) is 0.333. The second-order valence-corrected chi connectivity index (χ2v) is 6.32. The first kappa shape index (κ1) is 16.0. The van der Waals surface area contributed by atoms with Gasteiger partial charge in [-0.05, 0) is 18.2 Å². The molecule has 1 rings (SSSR count). The van der Waals surface area contributed by atoms with Crippen LogP contribution < -0.4 is 5.73 Å². The number of nitrogens with two attached hydrogens (primary N) is 1. The number of nitrogen functional groups attached to an aromatic ring is 1. The summed E-state index contributed by atoms with van der Waals surface area (Å²) in [4.78, 5) is 24.3. The van der Waals surface area contributed by atoms with E-state index in [4.69, 9.17) is 5.73 Å². The van der Waals surface area contributed by atoms with Crippen molar-refractivity contribution < 1.29 is 22.7 Å². The lowest BCUT2D eigenvalue weighted by atomic mass is 10.2. The topological polar surface area (TPSA) is 107 Å². The second kappa shape index (κ2) is 5.91. The first-order valence-electron chi connectivity index (χ1n) is 5.58. The normalized spacial score (nSPS) is 10.9. The number of methoxy groups -OCH3 is 1. The van der Waals surface area contributed by atoms with Gasteiger partial charge in [0.05, 0.1) is 12.0 Å². The van der Waals surface area contributed by atoms with E-state index in [0.29, 0.717) is 0 Å². The molecule has 0 radical (unpaired) electrons. The summed E-state index contributed by atoms with van der Waals surface area (Å²) in [7, 11) is -0.861. The van der Waals surface area contributed by atoms with Crippen molar-refractivity contribution in [3.8, 4) is 0 Å². The minimum Gasteiger partial charge on any atom is -0.468 e. The molecule has 0 unspecified atom stereocenters. The van der Waals surface area contributed by atoms with Gasteiger partial charge in [-0.2, -0.15) is 0 Å². The van der Waals surface area contributed by atoms with Crippen molar-refractivity contribution in [2.24, 2.45) is 0 Å². The molecule has 0 heterocycles. The maximum atomic E-state index is 12.1. The van der Waals surface area contributed by atoms with E-state index in [1.165, 1.54) is 32.4 Å². The van der Waals surface area contributed by atoms with E-state index < -0.39 is 21.7 Å². The molecule has 110 valence electrons. The van der Waals surface area contributed by atoms with Crippen LogP contribution in [0.25, 0.3) is 0 Å². The highest BCUT2D eigenvalue weighted by Crippen LogP contribution is 2.18. The van der Waals surface area contributed by atoms with E-state index in [1.54, 1.807) is 0 Å². The van der Waals surface area contributed by atoms with Crippen molar-refractivity contribution >= 4 is 27.4 Å². The van der Waals surface area contributed by atoms with Gasteiger partial charge in [0.1, 0.15) is 6.54 Å². The average molecular weight is 300 g/mol. The molecule has 20 heavy (non-hydrogen) atoms. The summed E-state index contributed by atoms with van der Waals surface area (Å²) < 4.78 is 27.5. The molecule has 7 nitrogen and oxygen atoms in total. The van der Waals surface area contributed by atoms with E-state index in [2.05, 4.69) is 4.74 Å². The van der Waals surface area contributed by atoms with E-state index in [0.717, 1.165) is 11.2 Å². The van der Waals surface area contributed by atoms with Crippen molar-refractivity contribution in [1.82, 2.24) is 4.90 Å². The number of amides is 1. The van der Waals surface area contributed by atoms with Crippen LogP contribution in [0.15, 0.2) is 23.1 Å². The van der Waals surface area contributed by atoms with Crippen molar-refractivity contribution in [2.75, 3.05) is 32.7 Å².